The van der Waals surface area contributed by atoms with Crippen molar-refractivity contribution in [3.63, 3.8) is 0 Å². The van der Waals surface area contributed by atoms with Gasteiger partial charge in [-0.05, 0) is 52.9 Å². The molecule has 1 saturated heterocycles. The average molecular weight is 483 g/mol. The van der Waals surface area contributed by atoms with E-state index in [4.69, 9.17) is 4.74 Å². The number of carbonyl (C=O) groups excluding carboxylic acids is 2. The third kappa shape index (κ3) is 3.80. The molecule has 182 valence electrons. The van der Waals surface area contributed by atoms with Crippen LogP contribution >= 0.6 is 0 Å². The van der Waals surface area contributed by atoms with E-state index >= 15 is 0 Å². The Bertz CT molecular complexity index is 1480. The van der Waals surface area contributed by atoms with E-state index < -0.39 is 17.7 Å². The summed E-state index contributed by atoms with van der Waals surface area (Å²) >= 11 is 0. The normalized spacial score (nSPS) is 17.7. The first-order valence-corrected chi connectivity index (χ1v) is 11.6. The third-order valence-corrected chi connectivity index (χ3v) is 6.39. The number of aromatic amines is 1. The van der Waals surface area contributed by atoms with E-state index in [9.17, 15) is 14.7 Å². The number of aliphatic hydroxyl groups excluding tert-OH is 1. The van der Waals surface area contributed by atoms with E-state index in [-0.39, 0.29) is 22.7 Å². The minimum atomic E-state index is -0.920. The monoisotopic (exact) mass is 482 g/mol. The van der Waals surface area contributed by atoms with Crippen molar-refractivity contribution in [2.45, 2.75) is 32.2 Å². The summed E-state index contributed by atoms with van der Waals surface area (Å²) in [6.07, 6.45) is 3.16. The lowest BCUT2D eigenvalue weighted by atomic mass is 9.85. The number of rotatable bonds is 4. The number of imidazole rings is 1. The number of carbonyl (C=O) groups is 2. The molecular formula is C28H26N4O4. The van der Waals surface area contributed by atoms with Gasteiger partial charge in [0.1, 0.15) is 11.5 Å². The Kier molecular flexibility index (Phi) is 5.59. The molecule has 1 fully saturated rings. The Labute approximate surface area is 208 Å². The van der Waals surface area contributed by atoms with Crippen LogP contribution in [0.4, 0.5) is 5.95 Å². The number of ketones is 1. The van der Waals surface area contributed by atoms with E-state index in [2.05, 4.69) is 35.7 Å². The number of amides is 1. The van der Waals surface area contributed by atoms with Gasteiger partial charge in [0.2, 0.25) is 5.95 Å². The van der Waals surface area contributed by atoms with Crippen LogP contribution in [0.2, 0.25) is 0 Å². The Hall–Kier alpha value is -4.46. The lowest BCUT2D eigenvalue weighted by Crippen LogP contribution is -2.30. The first-order valence-electron chi connectivity index (χ1n) is 11.6. The fraction of sp³-hybridized carbons (Fsp3) is 0.214. The predicted octanol–water partition coefficient (Wildman–Crippen LogP) is 4.89. The number of aromatic nitrogens is 3. The summed E-state index contributed by atoms with van der Waals surface area (Å²) < 4.78 is 5.52. The molecule has 1 amide bonds. The number of ether oxygens (including phenoxy) is 1. The molecule has 1 aliphatic heterocycles. The van der Waals surface area contributed by atoms with Gasteiger partial charge in [0, 0.05) is 12.4 Å². The molecule has 0 radical (unpaired) electrons. The van der Waals surface area contributed by atoms with Gasteiger partial charge in [0.25, 0.3) is 5.78 Å². The van der Waals surface area contributed by atoms with Gasteiger partial charge in [-0.25, -0.2) is 4.98 Å². The summed E-state index contributed by atoms with van der Waals surface area (Å²) in [5, 5.41) is 11.6. The summed E-state index contributed by atoms with van der Waals surface area (Å²) in [5.74, 6) is -1.29. The molecule has 1 atom stereocenters. The molecule has 2 aromatic heterocycles. The van der Waals surface area contributed by atoms with Crippen molar-refractivity contribution < 1.29 is 19.4 Å². The van der Waals surface area contributed by atoms with Crippen LogP contribution in [0.3, 0.4) is 0 Å². The maximum Gasteiger partial charge on any atom is 0.302 e. The molecule has 8 heteroatoms. The Balaban J connectivity index is 1.75. The fourth-order valence-corrected chi connectivity index (χ4v) is 4.47. The summed E-state index contributed by atoms with van der Waals surface area (Å²) in [6, 6.07) is 15.3. The third-order valence-electron chi connectivity index (χ3n) is 6.39. The van der Waals surface area contributed by atoms with Crippen molar-refractivity contribution in [2.24, 2.45) is 0 Å². The molecule has 36 heavy (non-hydrogen) atoms. The van der Waals surface area contributed by atoms with Crippen molar-refractivity contribution in [2.75, 3.05) is 12.0 Å². The highest BCUT2D eigenvalue weighted by molar-refractivity contribution is 6.51. The second-order valence-corrected chi connectivity index (χ2v) is 9.69. The second-order valence-electron chi connectivity index (χ2n) is 9.69. The SMILES string of the molecule is COc1ccc(C(C)(C)C)cc1/C(O)=C1\C(=O)C(=O)N(c2nc3ccccc3[nH]2)C1c1ccncc1. The molecule has 1 aliphatic rings. The average Bonchev–Trinajstić information content (AvgIpc) is 3.41. The van der Waals surface area contributed by atoms with Crippen LogP contribution in [0.15, 0.2) is 72.6 Å². The van der Waals surface area contributed by atoms with Gasteiger partial charge in [0.15, 0.2) is 0 Å². The number of methoxy groups -OCH3 is 1. The molecule has 4 aromatic rings. The molecule has 0 spiro atoms. The maximum absolute atomic E-state index is 13.5. The summed E-state index contributed by atoms with van der Waals surface area (Å²) in [7, 11) is 1.50. The maximum atomic E-state index is 13.5. The van der Waals surface area contributed by atoms with Crippen LogP contribution in [0.25, 0.3) is 16.8 Å². The van der Waals surface area contributed by atoms with Gasteiger partial charge < -0.3 is 14.8 Å². The minimum Gasteiger partial charge on any atom is -0.507 e. The van der Waals surface area contributed by atoms with E-state index in [0.717, 1.165) is 11.1 Å². The van der Waals surface area contributed by atoms with Crippen molar-refractivity contribution in [3.8, 4) is 5.75 Å². The number of nitrogens with zero attached hydrogens (tertiary/aromatic N) is 3. The number of H-pyrrole nitrogens is 1. The van der Waals surface area contributed by atoms with Gasteiger partial charge >= 0.3 is 5.91 Å². The first-order chi connectivity index (χ1) is 17.2. The molecule has 2 aromatic carbocycles. The standard InChI is InChI=1S/C28H26N4O4/c1-28(2,3)17-9-10-21(36-4)18(15-17)24(33)22-23(16-11-13-29-14-12-16)32(26(35)25(22)34)27-30-19-7-5-6-8-20(19)31-27/h5-15,23,33H,1-4H3,(H,30,31)/b24-22+. The number of benzene rings is 2. The molecule has 3 heterocycles. The van der Waals surface area contributed by atoms with Crippen LogP contribution in [0, 0.1) is 0 Å². The molecule has 0 aliphatic carbocycles. The van der Waals surface area contributed by atoms with Crippen LogP contribution in [0.5, 0.6) is 5.75 Å². The van der Waals surface area contributed by atoms with E-state index in [1.807, 2.05) is 30.3 Å². The highest BCUT2D eigenvalue weighted by Gasteiger charge is 2.48. The lowest BCUT2D eigenvalue weighted by Gasteiger charge is -2.24. The first kappa shape index (κ1) is 23.3. The number of para-hydroxylation sites is 2. The van der Waals surface area contributed by atoms with Crippen LogP contribution in [0.1, 0.15) is 43.5 Å². The number of nitrogens with one attached hydrogen (secondary N) is 1. The van der Waals surface area contributed by atoms with Gasteiger partial charge in [-0.15, -0.1) is 0 Å². The molecule has 0 saturated carbocycles. The van der Waals surface area contributed by atoms with E-state index in [0.29, 0.717) is 22.4 Å². The number of anilines is 1. The predicted molar refractivity (Wildman–Crippen MR) is 137 cm³/mol. The van der Waals surface area contributed by atoms with E-state index in [1.54, 1.807) is 36.7 Å². The van der Waals surface area contributed by atoms with Crippen LogP contribution < -0.4 is 9.64 Å². The zero-order valence-electron chi connectivity index (χ0n) is 20.4. The van der Waals surface area contributed by atoms with E-state index in [1.165, 1.54) is 12.0 Å². The van der Waals surface area contributed by atoms with Gasteiger partial charge in [-0.1, -0.05) is 39.0 Å². The number of pyridine rings is 1. The second kappa shape index (κ2) is 8.64. The Morgan fingerprint density at radius 3 is 2.44 bits per heavy atom. The molecular weight excluding hydrogens is 456 g/mol. The van der Waals surface area contributed by atoms with Crippen molar-refractivity contribution >= 4 is 34.4 Å². The summed E-state index contributed by atoms with van der Waals surface area (Å²) in [6.45, 7) is 6.16. The zero-order chi connectivity index (χ0) is 25.6. The highest BCUT2D eigenvalue weighted by Crippen LogP contribution is 2.43. The topological polar surface area (TPSA) is 108 Å². The number of Topliss-reactive ketones (excluding diaryl/α,β-unsaturated/α-hetero) is 1. The van der Waals surface area contributed by atoms with Crippen molar-refractivity contribution in [1.82, 2.24) is 15.0 Å². The number of hydrogen-bond donors (Lipinski definition) is 2. The Morgan fingerprint density at radius 2 is 1.78 bits per heavy atom. The molecule has 8 nitrogen and oxygen atoms in total. The zero-order valence-corrected chi connectivity index (χ0v) is 20.4. The number of hydrogen-bond acceptors (Lipinski definition) is 6. The van der Waals surface area contributed by atoms with Gasteiger partial charge in [-0.3, -0.25) is 19.5 Å². The summed E-state index contributed by atoms with van der Waals surface area (Å²) in [4.78, 5) is 40.0. The largest absolute Gasteiger partial charge is 0.507 e. The molecule has 1 unspecified atom stereocenters. The minimum absolute atomic E-state index is 0.0454. The quantitative estimate of drug-likeness (QED) is 0.244. The van der Waals surface area contributed by atoms with Crippen LogP contribution in [-0.2, 0) is 15.0 Å². The lowest BCUT2D eigenvalue weighted by molar-refractivity contribution is -0.132. The molecule has 2 N–H and O–H groups in total. The van der Waals surface area contributed by atoms with Gasteiger partial charge in [0.05, 0.1) is 35.3 Å². The Morgan fingerprint density at radius 1 is 1.06 bits per heavy atom. The number of aliphatic hydroxyl groups is 1. The smallest absolute Gasteiger partial charge is 0.302 e. The molecule has 0 bridgehead atoms. The van der Waals surface area contributed by atoms with Crippen molar-refractivity contribution in [1.29, 1.82) is 0 Å². The molecule has 5 rings (SSSR count). The number of fused-ring (bicyclic) bond motifs is 1. The van der Waals surface area contributed by atoms with Crippen LogP contribution in [-0.4, -0.2) is 38.9 Å². The highest BCUT2D eigenvalue weighted by atomic mass is 16.5. The summed E-state index contributed by atoms with van der Waals surface area (Å²) in [5.41, 5.74) is 3.01. The fourth-order valence-electron chi connectivity index (χ4n) is 4.47. The van der Waals surface area contributed by atoms with Gasteiger partial charge in [-0.2, -0.15) is 0 Å². The van der Waals surface area contributed by atoms with Crippen molar-refractivity contribution in [3.05, 3.63) is 89.3 Å².